The first-order valence-corrected chi connectivity index (χ1v) is 5.78. The van der Waals surface area contributed by atoms with Crippen LogP contribution in [0.5, 0.6) is 0 Å². The maximum Gasteiger partial charge on any atom is 0.292 e. The van der Waals surface area contributed by atoms with Gasteiger partial charge in [0.2, 0.25) is 0 Å². The van der Waals surface area contributed by atoms with Gasteiger partial charge in [-0.25, -0.2) is 0 Å². The lowest BCUT2D eigenvalue weighted by Gasteiger charge is -2.08. The first-order valence-electron chi connectivity index (χ1n) is 5.78. The normalized spacial score (nSPS) is 12.2. The van der Waals surface area contributed by atoms with Crippen LogP contribution < -0.4 is 0 Å². The van der Waals surface area contributed by atoms with Gasteiger partial charge in [-0.05, 0) is 38.2 Å². The van der Waals surface area contributed by atoms with Crippen molar-refractivity contribution in [2.75, 3.05) is 7.11 Å². The summed E-state index contributed by atoms with van der Waals surface area (Å²) in [6.45, 7) is 6.48. The molecule has 0 saturated heterocycles. The quantitative estimate of drug-likeness (QED) is 0.748. The van der Waals surface area contributed by atoms with Crippen LogP contribution in [-0.4, -0.2) is 23.8 Å². The van der Waals surface area contributed by atoms with E-state index in [1.165, 1.54) is 49.7 Å². The molecule has 16 heavy (non-hydrogen) atoms. The van der Waals surface area contributed by atoms with Crippen molar-refractivity contribution >= 4 is 6.47 Å². The maximum atomic E-state index is 8.95. The number of H-pyrrole nitrogens is 1. The highest BCUT2D eigenvalue weighted by Crippen LogP contribution is 2.20. The number of nitrogens with zero attached hydrogens (tertiary/aromatic N) is 1. The molecule has 1 N–H and O–H groups in total. The van der Waals surface area contributed by atoms with Gasteiger partial charge in [-0.1, -0.05) is 13.8 Å². The van der Waals surface area contributed by atoms with E-state index in [2.05, 4.69) is 21.9 Å². The number of carbonyl (C=O) groups excluding carboxylic acids is 1. The van der Waals surface area contributed by atoms with Crippen molar-refractivity contribution in [2.24, 2.45) is 0 Å². The maximum absolute atomic E-state index is 8.95. The standard InChI is InChI=1S/C8H12N2.C2H4O2.C2H6/c1-6-7-4-2-3-5-8(7)10-9-6;1-4-2-3;1-2/h2-5H2,1H3,(H,9,10);2H,1H3;1-2H3. The molecule has 0 spiro atoms. The number of carbonyl (C=O) groups is 1. The third-order valence-electron chi connectivity index (χ3n) is 2.35. The highest BCUT2D eigenvalue weighted by atomic mass is 16.5. The van der Waals surface area contributed by atoms with Gasteiger partial charge < -0.3 is 4.74 Å². The van der Waals surface area contributed by atoms with Gasteiger partial charge in [0, 0.05) is 5.69 Å². The Kier molecular flexibility index (Phi) is 8.21. The van der Waals surface area contributed by atoms with Crippen molar-refractivity contribution in [1.29, 1.82) is 0 Å². The van der Waals surface area contributed by atoms with Crippen molar-refractivity contribution in [1.82, 2.24) is 10.2 Å². The first-order chi connectivity index (χ1) is 7.79. The molecule has 0 aliphatic heterocycles. The Bertz CT molecular complexity index is 295. The summed E-state index contributed by atoms with van der Waals surface area (Å²) >= 11 is 0. The molecule has 1 aromatic heterocycles. The van der Waals surface area contributed by atoms with Crippen molar-refractivity contribution < 1.29 is 9.53 Å². The molecular weight excluding hydrogens is 204 g/mol. The summed E-state index contributed by atoms with van der Waals surface area (Å²) in [4.78, 5) is 8.95. The van der Waals surface area contributed by atoms with Crippen molar-refractivity contribution in [2.45, 2.75) is 46.5 Å². The lowest BCUT2D eigenvalue weighted by Crippen LogP contribution is -2.00. The SMILES string of the molecule is CC.COC=O.Cc1[nH]nc2c1CCCC2. The van der Waals surface area contributed by atoms with E-state index in [1.54, 1.807) is 0 Å². The Morgan fingerprint density at radius 1 is 1.31 bits per heavy atom. The topological polar surface area (TPSA) is 55.0 Å². The van der Waals surface area contributed by atoms with E-state index in [-0.39, 0.29) is 0 Å². The van der Waals surface area contributed by atoms with Crippen LogP contribution in [0.15, 0.2) is 0 Å². The first kappa shape index (κ1) is 14.7. The third kappa shape index (κ3) is 4.47. The minimum absolute atomic E-state index is 0.375. The minimum Gasteiger partial charge on any atom is -0.471 e. The summed E-state index contributed by atoms with van der Waals surface area (Å²) in [7, 11) is 1.31. The summed E-state index contributed by atoms with van der Waals surface area (Å²) in [6, 6.07) is 0. The van der Waals surface area contributed by atoms with Crippen molar-refractivity contribution in [3.63, 3.8) is 0 Å². The Labute approximate surface area is 97.4 Å². The number of ether oxygens (including phenoxy) is 1. The number of aromatic nitrogens is 2. The van der Waals surface area contributed by atoms with Gasteiger partial charge >= 0.3 is 0 Å². The largest absolute Gasteiger partial charge is 0.471 e. The fourth-order valence-corrected chi connectivity index (χ4v) is 1.64. The van der Waals surface area contributed by atoms with Gasteiger partial charge in [-0.15, -0.1) is 0 Å². The number of nitrogens with one attached hydrogen (secondary N) is 1. The Morgan fingerprint density at radius 2 is 1.88 bits per heavy atom. The number of rotatable bonds is 1. The second kappa shape index (κ2) is 8.95. The summed E-state index contributed by atoms with van der Waals surface area (Å²) in [5, 5.41) is 7.26. The molecule has 0 atom stereocenters. The molecule has 0 fully saturated rings. The van der Waals surface area contributed by atoms with E-state index < -0.39 is 0 Å². The van der Waals surface area contributed by atoms with Crippen molar-refractivity contribution in [3.8, 4) is 0 Å². The average Bonchev–Trinajstić information content (AvgIpc) is 2.75. The predicted molar refractivity (Wildman–Crippen MR) is 64.4 cm³/mol. The molecule has 2 rings (SSSR count). The Hall–Kier alpha value is -1.32. The molecule has 0 amide bonds. The number of aromatic amines is 1. The molecule has 1 aromatic rings. The number of hydrogen-bond acceptors (Lipinski definition) is 3. The van der Waals surface area contributed by atoms with Crippen LogP contribution in [0.2, 0.25) is 0 Å². The fourth-order valence-electron chi connectivity index (χ4n) is 1.64. The van der Waals surface area contributed by atoms with Crippen LogP contribution in [0.1, 0.15) is 43.6 Å². The van der Waals surface area contributed by atoms with E-state index in [9.17, 15) is 0 Å². The number of fused-ring (bicyclic) bond motifs is 1. The molecular formula is C12H22N2O2. The van der Waals surface area contributed by atoms with Crippen LogP contribution in [0.3, 0.4) is 0 Å². The second-order valence-electron chi connectivity index (χ2n) is 3.31. The van der Waals surface area contributed by atoms with E-state index >= 15 is 0 Å². The highest BCUT2D eigenvalue weighted by molar-refractivity contribution is 5.36. The molecule has 0 bridgehead atoms. The zero-order chi connectivity index (χ0) is 12.4. The van der Waals surface area contributed by atoms with Crippen molar-refractivity contribution in [3.05, 3.63) is 17.0 Å². The lowest BCUT2D eigenvalue weighted by molar-refractivity contribution is -0.126. The van der Waals surface area contributed by atoms with Gasteiger partial charge in [0.05, 0.1) is 12.8 Å². The zero-order valence-electron chi connectivity index (χ0n) is 10.7. The number of hydrogen-bond donors (Lipinski definition) is 1. The third-order valence-corrected chi connectivity index (χ3v) is 2.35. The lowest BCUT2D eigenvalue weighted by atomic mass is 9.96. The van der Waals surface area contributed by atoms with E-state index in [0.29, 0.717) is 6.47 Å². The summed E-state index contributed by atoms with van der Waals surface area (Å²) in [5.41, 5.74) is 4.06. The monoisotopic (exact) mass is 226 g/mol. The molecule has 92 valence electrons. The zero-order valence-corrected chi connectivity index (χ0v) is 10.7. The number of aryl methyl sites for hydroxylation is 2. The van der Waals surface area contributed by atoms with Gasteiger partial charge in [0.15, 0.2) is 0 Å². The molecule has 4 nitrogen and oxygen atoms in total. The fraction of sp³-hybridized carbons (Fsp3) is 0.667. The minimum atomic E-state index is 0.375. The van der Waals surface area contributed by atoms with Crippen LogP contribution in [0.4, 0.5) is 0 Å². The second-order valence-corrected chi connectivity index (χ2v) is 3.31. The Morgan fingerprint density at radius 3 is 2.38 bits per heavy atom. The molecule has 4 heteroatoms. The Balaban J connectivity index is 0.000000323. The number of methoxy groups -OCH3 is 1. The van der Waals surface area contributed by atoms with Crippen LogP contribution in [0, 0.1) is 6.92 Å². The summed E-state index contributed by atoms with van der Waals surface area (Å²) < 4.78 is 3.86. The molecule has 1 aliphatic carbocycles. The molecule has 1 aliphatic rings. The molecule has 0 unspecified atom stereocenters. The van der Waals surface area contributed by atoms with Gasteiger partial charge in [0.1, 0.15) is 0 Å². The van der Waals surface area contributed by atoms with Crippen LogP contribution in [0.25, 0.3) is 0 Å². The van der Waals surface area contributed by atoms with E-state index in [0.717, 1.165) is 0 Å². The van der Waals surface area contributed by atoms with E-state index in [4.69, 9.17) is 4.79 Å². The van der Waals surface area contributed by atoms with Gasteiger partial charge in [0.25, 0.3) is 6.47 Å². The predicted octanol–water partition coefficient (Wildman–Crippen LogP) is 2.41. The van der Waals surface area contributed by atoms with Crippen LogP contribution >= 0.6 is 0 Å². The summed E-state index contributed by atoms with van der Waals surface area (Å²) in [5.74, 6) is 0. The molecule has 1 heterocycles. The van der Waals surface area contributed by atoms with Gasteiger partial charge in [-0.2, -0.15) is 5.10 Å². The molecule has 0 saturated carbocycles. The average molecular weight is 226 g/mol. The smallest absolute Gasteiger partial charge is 0.292 e. The van der Waals surface area contributed by atoms with E-state index in [1.807, 2.05) is 13.8 Å². The molecule has 0 radical (unpaired) electrons. The van der Waals surface area contributed by atoms with Gasteiger partial charge in [-0.3, -0.25) is 9.89 Å². The highest BCUT2D eigenvalue weighted by Gasteiger charge is 2.13. The van der Waals surface area contributed by atoms with Crippen LogP contribution in [-0.2, 0) is 22.4 Å². The molecule has 0 aromatic carbocycles. The summed E-state index contributed by atoms with van der Waals surface area (Å²) in [6.07, 6.45) is 5.07.